The van der Waals surface area contributed by atoms with Gasteiger partial charge in [0.1, 0.15) is 0 Å². The molecule has 0 aliphatic rings. The molecule has 3 heteroatoms. The number of benzene rings is 2. The molecule has 0 amide bonds. The Balaban J connectivity index is 2.11. The van der Waals surface area contributed by atoms with Crippen LogP contribution in [0.2, 0.25) is 0 Å². The normalized spacial score (nSPS) is 9.40. The first-order valence-corrected chi connectivity index (χ1v) is 14.3. The van der Waals surface area contributed by atoms with Crippen molar-refractivity contribution in [3.05, 3.63) is 54.6 Å². The number of hydrogen-bond donors (Lipinski definition) is 0. The van der Waals surface area contributed by atoms with Gasteiger partial charge in [0.15, 0.2) is 0 Å². The minimum atomic E-state index is -1.25. The van der Waals surface area contributed by atoms with E-state index in [-0.39, 0.29) is 0 Å². The van der Waals surface area contributed by atoms with Gasteiger partial charge >= 0.3 is 105 Å². The summed E-state index contributed by atoms with van der Waals surface area (Å²) in [5.41, 5.74) is 0. The van der Waals surface area contributed by atoms with Gasteiger partial charge in [0.2, 0.25) is 0 Å². The van der Waals surface area contributed by atoms with Gasteiger partial charge in [0.05, 0.1) is 0 Å². The van der Waals surface area contributed by atoms with Crippen LogP contribution in [0.15, 0.2) is 54.6 Å². The van der Waals surface area contributed by atoms with Crippen LogP contribution in [0.25, 0.3) is 0 Å². The molecule has 0 fully saturated rings. The van der Waals surface area contributed by atoms with Crippen molar-refractivity contribution in [3.63, 3.8) is 0 Å². The molecule has 0 spiro atoms. The molecule has 0 unspecified atom stereocenters. The average Bonchev–Trinajstić information content (AvgIpc) is 2.31. The van der Waals surface area contributed by atoms with Crippen LogP contribution in [0.3, 0.4) is 0 Å². The zero-order chi connectivity index (χ0) is 10.5. The van der Waals surface area contributed by atoms with Crippen molar-refractivity contribution in [2.45, 2.75) is 0 Å². The van der Waals surface area contributed by atoms with Crippen LogP contribution in [-0.2, 0) is 23.3 Å². The summed E-state index contributed by atoms with van der Waals surface area (Å²) >= 11 is -1.25. The molecule has 0 heterocycles. The maximum absolute atomic E-state index is 5.92. The van der Waals surface area contributed by atoms with Crippen molar-refractivity contribution in [2.75, 3.05) is 0 Å². The number of halogens is 1. The molecule has 0 saturated carbocycles. The molecule has 1 nitrogen and oxygen atoms in total. The number of rotatable bonds is 3. The molecule has 0 aromatic heterocycles. The van der Waals surface area contributed by atoms with E-state index in [0.29, 0.717) is 0 Å². The molecule has 0 radical (unpaired) electrons. The summed E-state index contributed by atoms with van der Waals surface area (Å²) in [5, 5.41) is 0. The third-order valence-electron chi connectivity index (χ3n) is 2.06. The van der Waals surface area contributed by atoms with Gasteiger partial charge in [-0.05, 0) is 0 Å². The Hall–Kier alpha value is -0.535. The van der Waals surface area contributed by atoms with E-state index >= 15 is 0 Å². The first-order valence-electron chi connectivity index (χ1n) is 4.76. The monoisotopic (exact) mass is 406 g/mol. The van der Waals surface area contributed by atoms with Gasteiger partial charge in [-0.1, -0.05) is 0 Å². The first kappa shape index (κ1) is 11.0. The second-order valence-electron chi connectivity index (χ2n) is 3.19. The van der Waals surface area contributed by atoms with Gasteiger partial charge in [-0.25, -0.2) is 0 Å². The van der Waals surface area contributed by atoms with Crippen molar-refractivity contribution in [3.8, 4) is 11.5 Å². The average molecular weight is 405 g/mol. The van der Waals surface area contributed by atoms with Gasteiger partial charge in [-0.3, -0.25) is 0 Å². The van der Waals surface area contributed by atoms with Crippen molar-refractivity contribution in [1.82, 2.24) is 0 Å². The molecule has 0 atom stereocenters. The Morgan fingerprint density at radius 3 is 2.00 bits per heavy atom. The van der Waals surface area contributed by atoms with Crippen LogP contribution in [-0.4, -0.2) is 0 Å². The standard InChI is InChI=1S/C12H9O.ClH.Hg/c1-3-7-11(8-4-1)13-12-9-5-2-6-10-12;;/h1,3-10H;1H;/q;;+1/p-1. The van der Waals surface area contributed by atoms with Gasteiger partial charge in [0.25, 0.3) is 0 Å². The van der Waals surface area contributed by atoms with Crippen LogP contribution in [0.1, 0.15) is 0 Å². The zero-order valence-corrected chi connectivity index (χ0v) is 14.4. The van der Waals surface area contributed by atoms with Crippen LogP contribution in [0.4, 0.5) is 0 Å². The van der Waals surface area contributed by atoms with Crippen LogP contribution < -0.4 is 7.81 Å². The number of para-hydroxylation sites is 1. The van der Waals surface area contributed by atoms with Crippen molar-refractivity contribution in [2.24, 2.45) is 0 Å². The Bertz CT molecular complexity index is 413. The minimum absolute atomic E-state index is 0.862. The van der Waals surface area contributed by atoms with E-state index in [9.17, 15) is 0 Å². The third-order valence-corrected chi connectivity index (χ3v) is 7.80. The van der Waals surface area contributed by atoms with Gasteiger partial charge < -0.3 is 0 Å². The third kappa shape index (κ3) is 3.21. The van der Waals surface area contributed by atoms with Crippen molar-refractivity contribution in [1.29, 1.82) is 0 Å². The fourth-order valence-corrected chi connectivity index (χ4v) is 4.44. The number of hydrogen-bond acceptors (Lipinski definition) is 1. The molecule has 2 aromatic carbocycles. The fraction of sp³-hybridized carbons (Fsp3) is 0. The zero-order valence-electron chi connectivity index (χ0n) is 8.19. The predicted molar refractivity (Wildman–Crippen MR) is 58.4 cm³/mol. The Kier molecular flexibility index (Phi) is 4.04. The maximum atomic E-state index is 5.92. The van der Waals surface area contributed by atoms with E-state index in [1.54, 1.807) is 0 Å². The van der Waals surface area contributed by atoms with Crippen molar-refractivity contribution >= 4 is 11.3 Å². The Morgan fingerprint density at radius 1 is 0.800 bits per heavy atom. The van der Waals surface area contributed by atoms with Crippen molar-refractivity contribution < 1.29 is 28.1 Å². The van der Waals surface area contributed by atoms with Gasteiger partial charge in [-0.2, -0.15) is 0 Å². The first-order chi connectivity index (χ1) is 7.38. The van der Waals surface area contributed by atoms with E-state index in [4.69, 9.17) is 13.0 Å². The van der Waals surface area contributed by atoms with Crippen LogP contribution in [0.5, 0.6) is 11.5 Å². The summed E-state index contributed by atoms with van der Waals surface area (Å²) in [4.78, 5) is 0. The van der Waals surface area contributed by atoms with E-state index in [1.807, 2.05) is 42.5 Å². The van der Waals surface area contributed by atoms with Gasteiger partial charge in [0, 0.05) is 0 Å². The molecular formula is C12H9ClHgO. The van der Waals surface area contributed by atoms with E-state index in [2.05, 4.69) is 12.1 Å². The predicted octanol–water partition coefficient (Wildman–Crippen LogP) is 3.34. The number of ether oxygens (including phenoxy) is 1. The SMILES string of the molecule is [Cl][Hg][c]1ccc(Oc2ccccc2)cc1. The molecule has 0 N–H and O–H groups in total. The quantitative estimate of drug-likeness (QED) is 0.712. The van der Waals surface area contributed by atoms with Gasteiger partial charge in [-0.15, -0.1) is 0 Å². The molecule has 72 valence electrons. The molecule has 0 aliphatic heterocycles. The molecular weight excluding hydrogens is 396 g/mol. The molecule has 0 aliphatic carbocycles. The summed E-state index contributed by atoms with van der Waals surface area (Å²) in [6.07, 6.45) is 0. The Morgan fingerprint density at radius 2 is 1.40 bits per heavy atom. The summed E-state index contributed by atoms with van der Waals surface area (Å²) in [6.45, 7) is 0. The van der Waals surface area contributed by atoms with Crippen LogP contribution >= 0.6 is 8.25 Å². The summed E-state index contributed by atoms with van der Waals surface area (Å²) in [7, 11) is 5.92. The summed E-state index contributed by atoms with van der Waals surface area (Å²) in [5.74, 6) is 1.73. The molecule has 15 heavy (non-hydrogen) atoms. The van der Waals surface area contributed by atoms with E-state index < -0.39 is 23.3 Å². The fourth-order valence-electron chi connectivity index (χ4n) is 1.27. The summed E-state index contributed by atoms with van der Waals surface area (Å²) < 4.78 is 6.98. The molecule has 2 aromatic rings. The molecule has 0 saturated heterocycles. The second-order valence-corrected chi connectivity index (χ2v) is 9.75. The van der Waals surface area contributed by atoms with E-state index in [0.717, 1.165) is 11.5 Å². The molecule has 0 bridgehead atoms. The second kappa shape index (κ2) is 5.52. The van der Waals surface area contributed by atoms with Crippen LogP contribution in [0, 0.1) is 0 Å². The molecule has 2 rings (SSSR count). The topological polar surface area (TPSA) is 9.23 Å². The summed E-state index contributed by atoms with van der Waals surface area (Å²) in [6, 6.07) is 17.8. The Labute approximate surface area is 105 Å². The van der Waals surface area contributed by atoms with E-state index in [1.165, 1.54) is 3.07 Å².